The quantitative estimate of drug-likeness (QED) is 0.467. The second-order valence-electron chi connectivity index (χ2n) is 7.34. The van der Waals surface area contributed by atoms with E-state index in [0.717, 1.165) is 18.5 Å². The van der Waals surface area contributed by atoms with Crippen molar-refractivity contribution in [2.75, 3.05) is 32.1 Å². The molecule has 1 unspecified atom stereocenters. The topological polar surface area (TPSA) is 69.9 Å². The van der Waals surface area contributed by atoms with Crippen LogP contribution in [0.2, 0.25) is 0 Å². The van der Waals surface area contributed by atoms with Gasteiger partial charge in [-0.05, 0) is 30.3 Å². The van der Waals surface area contributed by atoms with E-state index in [-0.39, 0.29) is 12.5 Å². The molecule has 0 bridgehead atoms. The van der Waals surface area contributed by atoms with Crippen LogP contribution in [0.3, 0.4) is 0 Å². The molecule has 2 aromatic rings. The number of likely N-dealkylation sites (N-methyl/N-ethyl adjacent to an activating group) is 1. The van der Waals surface area contributed by atoms with Gasteiger partial charge in [0.1, 0.15) is 6.29 Å². The minimum Gasteiger partial charge on any atom is -0.370 e. The molecular weight excluding hydrogens is 364 g/mol. The molecule has 0 aliphatic carbocycles. The van der Waals surface area contributed by atoms with Crippen molar-refractivity contribution in [1.29, 1.82) is 0 Å². The van der Waals surface area contributed by atoms with Crippen molar-refractivity contribution in [3.05, 3.63) is 65.7 Å². The summed E-state index contributed by atoms with van der Waals surface area (Å²) in [6, 6.07) is 18.8. The van der Waals surface area contributed by atoms with Gasteiger partial charge in [0, 0.05) is 38.8 Å². The number of carbonyl (C=O) groups excluding carboxylic acids is 2. The lowest BCUT2D eigenvalue weighted by atomic mass is 10.1. The van der Waals surface area contributed by atoms with Crippen LogP contribution in [0.5, 0.6) is 0 Å². The highest BCUT2D eigenvalue weighted by Crippen LogP contribution is 2.18. The summed E-state index contributed by atoms with van der Waals surface area (Å²) in [6.45, 7) is 3.83. The van der Waals surface area contributed by atoms with Crippen molar-refractivity contribution in [3.8, 4) is 0 Å². The van der Waals surface area contributed by atoms with E-state index in [1.165, 1.54) is 16.0 Å². The maximum absolute atomic E-state index is 12.0. The maximum atomic E-state index is 12.0. The molecule has 156 valence electrons. The van der Waals surface area contributed by atoms with Crippen LogP contribution in [0, 0.1) is 0 Å². The highest BCUT2D eigenvalue weighted by molar-refractivity contribution is 5.78. The first-order valence-electron chi connectivity index (χ1n) is 9.95. The highest BCUT2D eigenvalue weighted by atomic mass is 16.2. The molecule has 2 aromatic carbocycles. The number of amides is 1. The van der Waals surface area contributed by atoms with E-state index in [1.807, 2.05) is 13.1 Å². The highest BCUT2D eigenvalue weighted by Gasteiger charge is 2.20. The van der Waals surface area contributed by atoms with Gasteiger partial charge < -0.3 is 20.3 Å². The third-order valence-corrected chi connectivity index (χ3v) is 4.86. The van der Waals surface area contributed by atoms with Crippen molar-refractivity contribution >= 4 is 17.9 Å². The molecule has 0 saturated carbocycles. The van der Waals surface area contributed by atoms with Gasteiger partial charge in [0.05, 0.1) is 12.7 Å². The summed E-state index contributed by atoms with van der Waals surface area (Å²) in [5.74, 6) is -0.109. The summed E-state index contributed by atoms with van der Waals surface area (Å²) in [4.78, 5) is 28.6. The number of aldehydes is 1. The lowest BCUT2D eigenvalue weighted by Crippen LogP contribution is -2.51. The maximum Gasteiger partial charge on any atom is 0.223 e. The summed E-state index contributed by atoms with van der Waals surface area (Å²) in [7, 11) is 4.05. The van der Waals surface area contributed by atoms with Gasteiger partial charge >= 0.3 is 0 Å². The fraction of sp³-hybridized carbons (Fsp3) is 0.391. The normalized spacial score (nSPS) is 11.9. The number of nitrogens with zero attached hydrogens (tertiary/aromatic N) is 3. The van der Waals surface area contributed by atoms with Crippen molar-refractivity contribution in [2.45, 2.75) is 32.6 Å². The first kappa shape index (κ1) is 22.6. The van der Waals surface area contributed by atoms with E-state index < -0.39 is 6.17 Å². The fourth-order valence-corrected chi connectivity index (χ4v) is 3.34. The van der Waals surface area contributed by atoms with E-state index in [0.29, 0.717) is 19.5 Å². The number of anilines is 1. The molecule has 0 aromatic heterocycles. The molecule has 0 aliphatic heterocycles. The van der Waals surface area contributed by atoms with E-state index >= 15 is 0 Å². The van der Waals surface area contributed by atoms with Crippen LogP contribution in [-0.2, 0) is 22.7 Å². The predicted molar refractivity (Wildman–Crippen MR) is 117 cm³/mol. The average Bonchev–Trinajstić information content (AvgIpc) is 2.72. The predicted octanol–water partition coefficient (Wildman–Crippen LogP) is 2.48. The van der Waals surface area contributed by atoms with Gasteiger partial charge in [0.25, 0.3) is 0 Å². The van der Waals surface area contributed by atoms with Gasteiger partial charge in [0.2, 0.25) is 5.91 Å². The molecule has 0 saturated heterocycles. The Bertz CT molecular complexity index is 781. The molecule has 0 spiro atoms. The van der Waals surface area contributed by atoms with Gasteiger partial charge in [-0.1, -0.05) is 49.4 Å². The van der Waals surface area contributed by atoms with Crippen molar-refractivity contribution in [3.63, 3.8) is 0 Å². The van der Waals surface area contributed by atoms with Crippen molar-refractivity contribution < 1.29 is 9.59 Å². The Labute approximate surface area is 173 Å². The SMILES string of the molecule is CCC(=O)N(CC=O)C(N)CN(C)Cc1cccc(N(C)Cc2ccccc2)c1. The number of carbonyl (C=O) groups is 2. The minimum atomic E-state index is -0.512. The Balaban J connectivity index is 1.98. The molecule has 1 atom stereocenters. The Kier molecular flexibility index (Phi) is 8.83. The molecule has 6 heteroatoms. The third-order valence-electron chi connectivity index (χ3n) is 4.86. The summed E-state index contributed by atoms with van der Waals surface area (Å²) in [5, 5.41) is 0. The zero-order chi connectivity index (χ0) is 21.2. The van der Waals surface area contributed by atoms with Gasteiger partial charge in [0.15, 0.2) is 0 Å². The molecular formula is C23H32N4O2. The second kappa shape index (κ2) is 11.3. The first-order valence-corrected chi connectivity index (χ1v) is 9.95. The summed E-state index contributed by atoms with van der Waals surface area (Å²) in [6.07, 6.45) is 0.544. The van der Waals surface area contributed by atoms with Crippen molar-refractivity contribution in [2.24, 2.45) is 5.73 Å². The van der Waals surface area contributed by atoms with E-state index in [2.05, 4.69) is 65.4 Å². The fourth-order valence-electron chi connectivity index (χ4n) is 3.34. The van der Waals surface area contributed by atoms with Crippen LogP contribution in [0.15, 0.2) is 54.6 Å². The largest absolute Gasteiger partial charge is 0.370 e. The molecule has 2 N–H and O–H groups in total. The molecule has 0 aliphatic rings. The van der Waals surface area contributed by atoms with E-state index in [1.54, 1.807) is 6.92 Å². The number of hydrogen-bond acceptors (Lipinski definition) is 5. The van der Waals surface area contributed by atoms with Gasteiger partial charge in [-0.15, -0.1) is 0 Å². The van der Waals surface area contributed by atoms with Crippen LogP contribution >= 0.6 is 0 Å². The molecule has 0 radical (unpaired) electrons. The minimum absolute atomic E-state index is 0.0292. The molecule has 29 heavy (non-hydrogen) atoms. The standard InChI is InChI=1S/C23H32N4O2/c1-4-23(29)27(13-14-28)22(24)18-25(2)16-20-11-8-12-21(15-20)26(3)17-19-9-6-5-7-10-19/h5-12,14-15,22H,4,13,16-18,24H2,1-3H3. The monoisotopic (exact) mass is 396 g/mol. The average molecular weight is 397 g/mol. The lowest BCUT2D eigenvalue weighted by Gasteiger charge is -2.30. The van der Waals surface area contributed by atoms with Crippen molar-refractivity contribution in [1.82, 2.24) is 9.80 Å². The molecule has 2 rings (SSSR count). The van der Waals surface area contributed by atoms with E-state index in [4.69, 9.17) is 5.73 Å². The summed E-state index contributed by atoms with van der Waals surface area (Å²) >= 11 is 0. The summed E-state index contributed by atoms with van der Waals surface area (Å²) < 4.78 is 0. The first-order chi connectivity index (χ1) is 13.9. The Morgan fingerprint density at radius 1 is 1.03 bits per heavy atom. The van der Waals surface area contributed by atoms with Gasteiger partial charge in [-0.3, -0.25) is 9.69 Å². The van der Waals surface area contributed by atoms with Gasteiger partial charge in [-0.2, -0.15) is 0 Å². The number of rotatable bonds is 11. The van der Waals surface area contributed by atoms with Crippen LogP contribution in [0.25, 0.3) is 0 Å². The summed E-state index contributed by atoms with van der Waals surface area (Å²) in [5.41, 5.74) is 9.77. The third kappa shape index (κ3) is 7.00. The number of nitrogens with two attached hydrogens (primary N) is 1. The molecule has 6 nitrogen and oxygen atoms in total. The zero-order valence-corrected chi connectivity index (χ0v) is 17.6. The Hall–Kier alpha value is -2.70. The Morgan fingerprint density at radius 3 is 2.38 bits per heavy atom. The van der Waals surface area contributed by atoms with Crippen LogP contribution in [-0.4, -0.2) is 55.3 Å². The smallest absolute Gasteiger partial charge is 0.223 e. The van der Waals surface area contributed by atoms with Crippen LogP contribution in [0.4, 0.5) is 5.69 Å². The zero-order valence-electron chi connectivity index (χ0n) is 17.6. The Morgan fingerprint density at radius 2 is 1.72 bits per heavy atom. The number of benzene rings is 2. The molecule has 0 heterocycles. The lowest BCUT2D eigenvalue weighted by molar-refractivity contribution is -0.135. The van der Waals surface area contributed by atoms with Crippen LogP contribution < -0.4 is 10.6 Å². The number of hydrogen-bond donors (Lipinski definition) is 1. The van der Waals surface area contributed by atoms with Gasteiger partial charge in [-0.25, -0.2) is 0 Å². The molecule has 0 fully saturated rings. The molecule has 1 amide bonds. The second-order valence-corrected chi connectivity index (χ2v) is 7.34. The van der Waals surface area contributed by atoms with Crippen LogP contribution in [0.1, 0.15) is 24.5 Å². The van der Waals surface area contributed by atoms with E-state index in [9.17, 15) is 9.59 Å².